The summed E-state index contributed by atoms with van der Waals surface area (Å²) in [4.78, 5) is 13.4. The van der Waals surface area contributed by atoms with Crippen molar-refractivity contribution in [3.8, 4) is 22.6 Å². The highest BCUT2D eigenvalue weighted by molar-refractivity contribution is 9.10. The number of aliphatic hydroxyl groups is 2. The van der Waals surface area contributed by atoms with E-state index in [0.717, 1.165) is 10.9 Å². The number of sulfone groups is 1. The second-order valence-corrected chi connectivity index (χ2v) is 10.8. The van der Waals surface area contributed by atoms with Crippen LogP contribution in [0.5, 0.6) is 5.75 Å². The van der Waals surface area contributed by atoms with Gasteiger partial charge in [0.15, 0.2) is 15.6 Å². The molecule has 176 valence electrons. The molecule has 33 heavy (non-hydrogen) atoms. The van der Waals surface area contributed by atoms with Crippen LogP contribution in [0.4, 0.5) is 4.39 Å². The van der Waals surface area contributed by atoms with E-state index in [9.17, 15) is 27.8 Å². The molecule has 0 saturated carbocycles. The first-order valence-electron chi connectivity index (χ1n) is 9.70. The molecule has 0 amide bonds. The first kappa shape index (κ1) is 25.0. The first-order valence-corrected chi connectivity index (χ1v) is 12.4. The Bertz CT molecular complexity index is 1330. The van der Waals surface area contributed by atoms with E-state index in [2.05, 4.69) is 21.0 Å². The van der Waals surface area contributed by atoms with Crippen molar-refractivity contribution in [1.29, 1.82) is 0 Å². The van der Waals surface area contributed by atoms with Gasteiger partial charge in [0.05, 0.1) is 26.9 Å². The Morgan fingerprint density at radius 2 is 1.85 bits per heavy atom. The number of halogens is 2. The lowest BCUT2D eigenvalue weighted by Gasteiger charge is -2.24. The maximum atomic E-state index is 13.6. The van der Waals surface area contributed by atoms with Gasteiger partial charge in [0.2, 0.25) is 0 Å². The quantitative estimate of drug-likeness (QED) is 0.472. The van der Waals surface area contributed by atoms with Gasteiger partial charge in [-0.1, -0.05) is 12.1 Å². The average Bonchev–Trinajstić information content (AvgIpc) is 2.73. The molecule has 3 rings (SSSR count). The minimum atomic E-state index is -3.42. The molecule has 0 spiro atoms. The molecule has 1 aromatic heterocycles. The molecule has 2 N–H and O–H groups in total. The van der Waals surface area contributed by atoms with Gasteiger partial charge in [-0.25, -0.2) is 12.8 Å². The molecule has 2 aromatic carbocycles. The largest absolute Gasteiger partial charge is 0.484 e. The van der Waals surface area contributed by atoms with Crippen LogP contribution < -0.4 is 10.3 Å². The minimum Gasteiger partial charge on any atom is -0.484 e. The fourth-order valence-electron chi connectivity index (χ4n) is 2.83. The van der Waals surface area contributed by atoms with Gasteiger partial charge in [-0.05, 0) is 65.7 Å². The standard InChI is InChI=1S/C22H22BrFN2O6S/c1-22(2,29)19(27)12-32-20-16(13-4-7-15(8-5-13)33(3,30)31)11-25-26(21(20)28)14-6-9-18(24)17(23)10-14/h4-11,19,27,29H,12H2,1-3H3. The Morgan fingerprint density at radius 1 is 1.21 bits per heavy atom. The number of ether oxygens (including phenoxy) is 1. The van der Waals surface area contributed by atoms with Crippen molar-refractivity contribution in [2.24, 2.45) is 0 Å². The van der Waals surface area contributed by atoms with Gasteiger partial charge in [0.25, 0.3) is 0 Å². The third kappa shape index (κ3) is 5.67. The molecule has 1 unspecified atom stereocenters. The molecule has 0 bridgehead atoms. The number of aliphatic hydroxyl groups excluding tert-OH is 1. The summed E-state index contributed by atoms with van der Waals surface area (Å²) in [6, 6.07) is 9.70. The molecule has 8 nitrogen and oxygen atoms in total. The van der Waals surface area contributed by atoms with Crippen LogP contribution in [0.3, 0.4) is 0 Å². The Kier molecular flexibility index (Phi) is 7.08. The van der Waals surface area contributed by atoms with Crippen molar-refractivity contribution in [2.75, 3.05) is 12.9 Å². The first-order chi connectivity index (χ1) is 15.3. The Morgan fingerprint density at radius 3 is 2.39 bits per heavy atom. The van der Waals surface area contributed by atoms with E-state index in [-0.39, 0.29) is 26.4 Å². The zero-order chi connectivity index (χ0) is 24.6. The lowest BCUT2D eigenvalue weighted by molar-refractivity contribution is -0.0663. The van der Waals surface area contributed by atoms with E-state index in [0.29, 0.717) is 5.56 Å². The van der Waals surface area contributed by atoms with Gasteiger partial charge in [0.1, 0.15) is 18.5 Å². The fraction of sp³-hybridized carbons (Fsp3) is 0.273. The summed E-state index contributed by atoms with van der Waals surface area (Å²) in [5.74, 6) is -0.694. The molecule has 0 fully saturated rings. The highest BCUT2D eigenvalue weighted by atomic mass is 79.9. The Hall–Kier alpha value is -2.60. The van der Waals surface area contributed by atoms with Gasteiger partial charge in [0, 0.05) is 11.8 Å². The van der Waals surface area contributed by atoms with Gasteiger partial charge in [-0.3, -0.25) is 4.79 Å². The Labute approximate surface area is 198 Å². The molecule has 1 heterocycles. The van der Waals surface area contributed by atoms with Crippen LogP contribution in [-0.2, 0) is 9.84 Å². The topological polar surface area (TPSA) is 119 Å². The maximum absolute atomic E-state index is 13.6. The Balaban J connectivity index is 2.13. The van der Waals surface area contributed by atoms with Crippen molar-refractivity contribution < 1.29 is 27.8 Å². The van der Waals surface area contributed by atoms with E-state index in [1.54, 1.807) is 0 Å². The molecular weight excluding hydrogens is 519 g/mol. The molecule has 3 aromatic rings. The summed E-state index contributed by atoms with van der Waals surface area (Å²) in [6.45, 7) is 2.39. The molecule has 0 saturated heterocycles. The zero-order valence-corrected chi connectivity index (χ0v) is 20.4. The van der Waals surface area contributed by atoms with E-state index >= 15 is 0 Å². The number of aromatic nitrogens is 2. The highest BCUT2D eigenvalue weighted by Crippen LogP contribution is 2.29. The van der Waals surface area contributed by atoms with E-state index in [1.165, 1.54) is 62.5 Å². The number of nitrogens with zero attached hydrogens (tertiary/aromatic N) is 2. The summed E-state index contributed by atoms with van der Waals surface area (Å²) < 4.78 is 43.9. The molecular formula is C22H22BrFN2O6S. The van der Waals surface area contributed by atoms with Crippen LogP contribution in [-0.4, -0.2) is 53.0 Å². The third-order valence-corrected chi connectivity index (χ3v) is 6.61. The van der Waals surface area contributed by atoms with Crippen LogP contribution in [0.15, 0.2) is 62.8 Å². The SMILES string of the molecule is CC(C)(O)C(O)COc1c(-c2ccc(S(C)(=O)=O)cc2)cnn(-c2ccc(F)c(Br)c2)c1=O. The molecule has 0 aliphatic heterocycles. The number of hydrogen-bond acceptors (Lipinski definition) is 7. The normalized spacial score (nSPS) is 13.1. The number of hydrogen-bond donors (Lipinski definition) is 2. The zero-order valence-electron chi connectivity index (χ0n) is 18.0. The smallest absolute Gasteiger partial charge is 0.314 e. The molecule has 11 heteroatoms. The van der Waals surface area contributed by atoms with E-state index in [1.807, 2.05) is 0 Å². The van der Waals surface area contributed by atoms with Crippen molar-refractivity contribution in [3.05, 3.63) is 69.3 Å². The molecule has 0 radical (unpaired) electrons. The summed E-state index contributed by atoms with van der Waals surface area (Å²) in [6.07, 6.45) is 1.12. The monoisotopic (exact) mass is 540 g/mol. The van der Waals surface area contributed by atoms with Gasteiger partial charge >= 0.3 is 5.56 Å². The fourth-order valence-corrected chi connectivity index (χ4v) is 3.83. The van der Waals surface area contributed by atoms with Crippen molar-refractivity contribution in [1.82, 2.24) is 9.78 Å². The van der Waals surface area contributed by atoms with Gasteiger partial charge in [-0.15, -0.1) is 0 Å². The molecule has 1 atom stereocenters. The van der Waals surface area contributed by atoms with Crippen LogP contribution in [0.2, 0.25) is 0 Å². The summed E-state index contributed by atoms with van der Waals surface area (Å²) in [5.41, 5.74) is -1.21. The van der Waals surface area contributed by atoms with E-state index in [4.69, 9.17) is 4.74 Å². The summed E-state index contributed by atoms with van der Waals surface area (Å²) >= 11 is 3.07. The average molecular weight is 541 g/mol. The lowest BCUT2D eigenvalue weighted by atomic mass is 10.0. The van der Waals surface area contributed by atoms with Gasteiger partial charge in [-0.2, -0.15) is 9.78 Å². The second-order valence-electron chi connectivity index (χ2n) is 7.98. The van der Waals surface area contributed by atoms with Crippen LogP contribution >= 0.6 is 15.9 Å². The summed E-state index contributed by atoms with van der Waals surface area (Å²) in [5, 5.41) is 24.3. The van der Waals surface area contributed by atoms with Crippen LogP contribution in [0.1, 0.15) is 13.8 Å². The predicted octanol–water partition coefficient (Wildman–Crippen LogP) is 2.72. The summed E-state index contributed by atoms with van der Waals surface area (Å²) in [7, 11) is -3.42. The molecule has 0 aliphatic carbocycles. The molecule has 0 aliphatic rings. The van der Waals surface area contributed by atoms with Crippen molar-refractivity contribution in [3.63, 3.8) is 0 Å². The number of rotatable bonds is 7. The van der Waals surface area contributed by atoms with Crippen LogP contribution in [0.25, 0.3) is 16.8 Å². The highest BCUT2D eigenvalue weighted by Gasteiger charge is 2.26. The maximum Gasteiger partial charge on any atom is 0.314 e. The van der Waals surface area contributed by atoms with Crippen LogP contribution in [0, 0.1) is 5.82 Å². The van der Waals surface area contributed by atoms with E-state index < -0.39 is 39.5 Å². The minimum absolute atomic E-state index is 0.101. The predicted molar refractivity (Wildman–Crippen MR) is 124 cm³/mol. The third-order valence-electron chi connectivity index (χ3n) is 4.88. The van der Waals surface area contributed by atoms with Crippen molar-refractivity contribution >= 4 is 25.8 Å². The lowest BCUT2D eigenvalue weighted by Crippen LogP contribution is -2.40. The van der Waals surface area contributed by atoms with Crippen molar-refractivity contribution in [2.45, 2.75) is 30.4 Å². The van der Waals surface area contributed by atoms with Gasteiger partial charge < -0.3 is 14.9 Å². The second kappa shape index (κ2) is 9.34. The number of benzene rings is 2.